The Hall–Kier alpha value is -1.22. The lowest BCUT2D eigenvalue weighted by Crippen LogP contribution is -2.28. The highest BCUT2D eigenvalue weighted by Gasteiger charge is 2.21. The highest BCUT2D eigenvalue weighted by molar-refractivity contribution is 5.43. The first kappa shape index (κ1) is 39.8. The zero-order chi connectivity index (χ0) is 31.3. The Morgan fingerprint density at radius 3 is 1.26 bits per heavy atom. The van der Waals surface area contributed by atoms with Gasteiger partial charge in [0.25, 0.3) is 0 Å². The molecule has 0 aliphatic carbocycles. The zero-order valence-electron chi connectivity index (χ0n) is 29.6. The SMILES string of the molecule is CCCCCCCCCCCCCCCCCCCCCCCCCCCCC(C)(C)Oc1ccc(CCN)cc1OC. The van der Waals surface area contributed by atoms with E-state index in [0.29, 0.717) is 6.54 Å². The van der Waals surface area contributed by atoms with Gasteiger partial charge in [0, 0.05) is 0 Å². The molecule has 0 unspecified atom stereocenters. The lowest BCUT2D eigenvalue weighted by atomic mass is 9.98. The third-order valence-corrected chi connectivity index (χ3v) is 9.18. The highest BCUT2D eigenvalue weighted by atomic mass is 16.5. The lowest BCUT2D eigenvalue weighted by Gasteiger charge is -2.27. The van der Waals surface area contributed by atoms with E-state index >= 15 is 0 Å². The van der Waals surface area contributed by atoms with Gasteiger partial charge in [0.2, 0.25) is 0 Å². The second-order valence-corrected chi connectivity index (χ2v) is 14.0. The Morgan fingerprint density at radius 2 is 0.907 bits per heavy atom. The van der Waals surface area contributed by atoms with E-state index in [1.807, 2.05) is 6.07 Å². The first-order valence-electron chi connectivity index (χ1n) is 19.1. The van der Waals surface area contributed by atoms with Gasteiger partial charge in [-0.05, 0) is 57.4 Å². The molecular formula is C40H75NO2. The van der Waals surface area contributed by atoms with Gasteiger partial charge in [0.05, 0.1) is 7.11 Å². The van der Waals surface area contributed by atoms with Gasteiger partial charge in [0.15, 0.2) is 11.5 Å². The van der Waals surface area contributed by atoms with Crippen LogP contribution in [0.15, 0.2) is 18.2 Å². The monoisotopic (exact) mass is 602 g/mol. The Balaban J connectivity index is 1.83. The fraction of sp³-hybridized carbons (Fsp3) is 0.850. The van der Waals surface area contributed by atoms with Gasteiger partial charge in [-0.1, -0.05) is 174 Å². The van der Waals surface area contributed by atoms with E-state index in [0.717, 1.165) is 24.3 Å². The van der Waals surface area contributed by atoms with Gasteiger partial charge in [-0.2, -0.15) is 0 Å². The molecule has 43 heavy (non-hydrogen) atoms. The van der Waals surface area contributed by atoms with E-state index in [2.05, 4.69) is 32.9 Å². The molecule has 0 fully saturated rings. The van der Waals surface area contributed by atoms with Gasteiger partial charge >= 0.3 is 0 Å². The molecule has 3 heteroatoms. The van der Waals surface area contributed by atoms with Crippen LogP contribution in [0.1, 0.15) is 200 Å². The molecule has 0 spiro atoms. The summed E-state index contributed by atoms with van der Waals surface area (Å²) in [5, 5.41) is 0. The van der Waals surface area contributed by atoms with Crippen LogP contribution in [0.2, 0.25) is 0 Å². The van der Waals surface area contributed by atoms with Crippen LogP contribution < -0.4 is 15.2 Å². The molecule has 1 aromatic carbocycles. The molecule has 0 amide bonds. The number of ether oxygens (including phenoxy) is 2. The van der Waals surface area contributed by atoms with Crippen molar-refractivity contribution >= 4 is 0 Å². The van der Waals surface area contributed by atoms with Gasteiger partial charge in [0.1, 0.15) is 5.60 Å². The van der Waals surface area contributed by atoms with E-state index < -0.39 is 0 Å². The summed E-state index contributed by atoms with van der Waals surface area (Å²) in [4.78, 5) is 0. The first-order valence-corrected chi connectivity index (χ1v) is 19.1. The quantitative estimate of drug-likeness (QED) is 0.0835. The van der Waals surface area contributed by atoms with Crippen molar-refractivity contribution in [3.63, 3.8) is 0 Å². The first-order chi connectivity index (χ1) is 21.0. The Morgan fingerprint density at radius 1 is 0.535 bits per heavy atom. The summed E-state index contributed by atoms with van der Waals surface area (Å²) in [7, 11) is 1.71. The van der Waals surface area contributed by atoms with E-state index in [9.17, 15) is 0 Å². The normalized spacial score (nSPS) is 11.7. The number of hydrogen-bond acceptors (Lipinski definition) is 3. The van der Waals surface area contributed by atoms with Gasteiger partial charge in [-0.25, -0.2) is 0 Å². The average Bonchev–Trinajstić information content (AvgIpc) is 2.99. The minimum Gasteiger partial charge on any atom is -0.493 e. The summed E-state index contributed by atoms with van der Waals surface area (Å²) in [6.45, 7) is 7.34. The van der Waals surface area contributed by atoms with Crippen molar-refractivity contribution in [3.05, 3.63) is 23.8 Å². The van der Waals surface area contributed by atoms with Crippen LogP contribution in [0.4, 0.5) is 0 Å². The number of rotatable bonds is 32. The summed E-state index contributed by atoms with van der Waals surface area (Å²) in [6.07, 6.45) is 39.2. The minimum absolute atomic E-state index is 0.185. The largest absolute Gasteiger partial charge is 0.493 e. The van der Waals surface area contributed by atoms with Gasteiger partial charge in [-0.3, -0.25) is 0 Å². The zero-order valence-corrected chi connectivity index (χ0v) is 29.6. The number of methoxy groups -OCH3 is 1. The fourth-order valence-electron chi connectivity index (χ4n) is 6.33. The molecular weight excluding hydrogens is 526 g/mol. The van der Waals surface area contributed by atoms with Crippen LogP contribution in [0, 0.1) is 0 Å². The predicted molar refractivity (Wildman–Crippen MR) is 191 cm³/mol. The Labute approximate surface area is 269 Å². The summed E-state index contributed by atoms with van der Waals surface area (Å²) >= 11 is 0. The lowest BCUT2D eigenvalue weighted by molar-refractivity contribution is 0.0920. The van der Waals surface area contributed by atoms with E-state index in [1.54, 1.807) is 7.11 Å². The molecule has 3 nitrogen and oxygen atoms in total. The summed E-state index contributed by atoms with van der Waals surface area (Å²) in [5.74, 6) is 1.65. The molecule has 0 saturated carbocycles. The molecule has 0 aliphatic rings. The molecule has 0 aliphatic heterocycles. The topological polar surface area (TPSA) is 44.5 Å². The molecule has 0 heterocycles. The molecule has 0 bridgehead atoms. The van der Waals surface area contributed by atoms with Crippen LogP contribution in [-0.2, 0) is 6.42 Å². The van der Waals surface area contributed by atoms with Crippen molar-refractivity contribution in [2.45, 2.75) is 206 Å². The van der Waals surface area contributed by atoms with E-state index in [-0.39, 0.29) is 5.60 Å². The molecule has 1 aromatic rings. The molecule has 0 atom stereocenters. The average molecular weight is 602 g/mol. The summed E-state index contributed by atoms with van der Waals surface area (Å²) in [5.41, 5.74) is 6.70. The number of hydrogen-bond donors (Lipinski definition) is 1. The Bertz CT molecular complexity index is 731. The van der Waals surface area contributed by atoms with Crippen molar-refractivity contribution in [1.29, 1.82) is 0 Å². The molecule has 0 saturated heterocycles. The summed E-state index contributed by atoms with van der Waals surface area (Å²) in [6, 6.07) is 6.19. The van der Waals surface area contributed by atoms with Crippen molar-refractivity contribution in [2.24, 2.45) is 5.73 Å². The Kier molecular flexibility index (Phi) is 26.2. The highest BCUT2D eigenvalue weighted by Crippen LogP contribution is 2.33. The molecule has 252 valence electrons. The maximum Gasteiger partial charge on any atom is 0.161 e. The number of benzene rings is 1. The van der Waals surface area contributed by atoms with Gasteiger partial charge < -0.3 is 15.2 Å². The van der Waals surface area contributed by atoms with Crippen molar-refractivity contribution in [1.82, 2.24) is 0 Å². The molecule has 1 rings (SSSR count). The number of nitrogens with two attached hydrogens (primary N) is 1. The standard InChI is InChI=1S/C40H75NO2/c1-5-6-7-8-9-10-11-12-13-14-15-16-17-18-19-20-21-22-23-24-25-26-27-28-29-30-34-40(2,3)43-38-32-31-37(33-35-41)36-39(38)42-4/h31-32,36H,5-30,33-35,41H2,1-4H3. The van der Waals surface area contributed by atoms with Crippen LogP contribution in [0.3, 0.4) is 0 Å². The van der Waals surface area contributed by atoms with Crippen molar-refractivity contribution < 1.29 is 9.47 Å². The van der Waals surface area contributed by atoms with Crippen molar-refractivity contribution in [2.75, 3.05) is 13.7 Å². The predicted octanol–water partition coefficient (Wildman–Crippen LogP) is 12.9. The maximum atomic E-state index is 6.36. The van der Waals surface area contributed by atoms with Crippen molar-refractivity contribution in [3.8, 4) is 11.5 Å². The maximum absolute atomic E-state index is 6.36. The third kappa shape index (κ3) is 23.8. The molecule has 0 radical (unpaired) electrons. The van der Waals surface area contributed by atoms with Crippen LogP contribution in [-0.4, -0.2) is 19.3 Å². The van der Waals surface area contributed by atoms with Gasteiger partial charge in [-0.15, -0.1) is 0 Å². The van der Waals surface area contributed by atoms with Crippen LogP contribution in [0.25, 0.3) is 0 Å². The second kappa shape index (κ2) is 28.3. The second-order valence-electron chi connectivity index (χ2n) is 14.0. The van der Waals surface area contributed by atoms with E-state index in [4.69, 9.17) is 15.2 Å². The summed E-state index contributed by atoms with van der Waals surface area (Å²) < 4.78 is 11.9. The minimum atomic E-state index is -0.185. The number of unbranched alkanes of at least 4 members (excludes halogenated alkanes) is 25. The van der Waals surface area contributed by atoms with E-state index in [1.165, 1.54) is 173 Å². The smallest absolute Gasteiger partial charge is 0.161 e. The fourth-order valence-corrected chi connectivity index (χ4v) is 6.33. The van der Waals surface area contributed by atoms with Crippen LogP contribution >= 0.6 is 0 Å². The third-order valence-electron chi connectivity index (χ3n) is 9.18. The molecule has 0 aromatic heterocycles. The van der Waals surface area contributed by atoms with Crippen LogP contribution in [0.5, 0.6) is 11.5 Å². The molecule has 2 N–H and O–H groups in total.